The van der Waals surface area contributed by atoms with E-state index in [4.69, 9.17) is 0 Å². The van der Waals surface area contributed by atoms with Crippen molar-refractivity contribution in [1.29, 1.82) is 0 Å². The maximum atomic E-state index is 11.9. The van der Waals surface area contributed by atoms with E-state index in [2.05, 4.69) is 0 Å². The maximum absolute atomic E-state index is 11.9. The van der Waals surface area contributed by atoms with Crippen molar-refractivity contribution in [3.05, 3.63) is 0 Å². The Balaban J connectivity index is 5.85. The Hall–Kier alpha value is -1.18. The van der Waals surface area contributed by atoms with Crippen LogP contribution in [0.3, 0.4) is 0 Å². The number of aliphatic hydroxyl groups is 2. The zero-order valence-corrected chi connectivity index (χ0v) is 13.4. The largest absolute Gasteiger partial charge is 0.481 e. The van der Waals surface area contributed by atoms with Gasteiger partial charge in [-0.15, -0.1) is 0 Å². The zero-order chi connectivity index (χ0) is 17.0. The van der Waals surface area contributed by atoms with Crippen LogP contribution < -0.4 is 0 Å². The maximum Gasteiger partial charge on any atom is 0.366 e. The van der Waals surface area contributed by atoms with Crippen molar-refractivity contribution < 1.29 is 34.5 Å². The molecule has 0 radical (unpaired) electrons. The van der Waals surface area contributed by atoms with E-state index in [9.17, 15) is 30.0 Å². The molecule has 21 heavy (non-hydrogen) atoms. The molecule has 7 heteroatoms. The summed E-state index contributed by atoms with van der Waals surface area (Å²) < 4.78 is -0.133. The Bertz CT molecular complexity index is 380. The number of carbonyl (C=O) groups is 2. The number of aliphatic carboxylic acids is 2. The summed E-state index contributed by atoms with van der Waals surface area (Å²) >= 11 is 0. The molecule has 4 atom stereocenters. The molecule has 0 aliphatic rings. The molecule has 0 aromatic rings. The van der Waals surface area contributed by atoms with E-state index >= 15 is 0 Å². The van der Waals surface area contributed by atoms with E-state index in [1.807, 2.05) is 0 Å². The second-order valence-corrected chi connectivity index (χ2v) is 6.39. The SMILES string of the molecule is CC(O)CC[N+](C)(C)C(CC(C)O)(C(=O)O)C(C)C(=O)O. The van der Waals surface area contributed by atoms with Gasteiger partial charge in [-0.3, -0.25) is 4.79 Å². The molecule has 7 nitrogen and oxygen atoms in total. The van der Waals surface area contributed by atoms with Crippen LogP contribution >= 0.6 is 0 Å². The molecule has 0 bridgehead atoms. The Morgan fingerprint density at radius 2 is 1.52 bits per heavy atom. The van der Waals surface area contributed by atoms with Crippen LogP contribution in [0.25, 0.3) is 0 Å². The highest BCUT2D eigenvalue weighted by molar-refractivity contribution is 5.85. The molecule has 0 rings (SSSR count). The van der Waals surface area contributed by atoms with Crippen LogP contribution in [0.2, 0.25) is 0 Å². The van der Waals surface area contributed by atoms with Crippen LogP contribution in [0.5, 0.6) is 0 Å². The van der Waals surface area contributed by atoms with Gasteiger partial charge in [0.05, 0.1) is 32.8 Å². The number of hydrogen-bond donors (Lipinski definition) is 4. The van der Waals surface area contributed by atoms with Crippen LogP contribution in [0.15, 0.2) is 0 Å². The summed E-state index contributed by atoms with van der Waals surface area (Å²) in [6.07, 6.45) is -1.40. The Labute approximate surface area is 125 Å². The van der Waals surface area contributed by atoms with Gasteiger partial charge in [-0.25, -0.2) is 4.79 Å². The van der Waals surface area contributed by atoms with Gasteiger partial charge in [0.15, 0.2) is 0 Å². The third-order valence-electron chi connectivity index (χ3n) is 4.25. The molecule has 0 aromatic carbocycles. The van der Waals surface area contributed by atoms with Gasteiger partial charge in [-0.2, -0.15) is 0 Å². The third kappa shape index (κ3) is 4.39. The van der Waals surface area contributed by atoms with E-state index < -0.39 is 35.6 Å². The predicted octanol–water partition coefficient (Wildman–Crippen LogP) is 0.149. The fourth-order valence-corrected chi connectivity index (χ4v) is 2.84. The normalized spacial score (nSPS) is 19.4. The number of quaternary nitrogens is 1. The number of hydrogen-bond acceptors (Lipinski definition) is 4. The van der Waals surface area contributed by atoms with Crippen LogP contribution in [0.1, 0.15) is 33.6 Å². The summed E-state index contributed by atoms with van der Waals surface area (Å²) in [6.45, 7) is 4.67. The van der Waals surface area contributed by atoms with Gasteiger partial charge in [0.1, 0.15) is 5.92 Å². The first-order valence-electron chi connectivity index (χ1n) is 7.04. The van der Waals surface area contributed by atoms with E-state index in [-0.39, 0.29) is 17.4 Å². The van der Waals surface area contributed by atoms with Crippen molar-refractivity contribution in [2.45, 2.75) is 51.4 Å². The lowest BCUT2D eigenvalue weighted by Crippen LogP contribution is -2.70. The van der Waals surface area contributed by atoms with Crippen LogP contribution in [0.4, 0.5) is 0 Å². The summed E-state index contributed by atoms with van der Waals surface area (Å²) in [7, 11) is 3.25. The molecule has 0 aromatic heterocycles. The number of carboxylic acids is 2. The van der Waals surface area contributed by atoms with Gasteiger partial charge in [0.25, 0.3) is 0 Å². The first-order chi connectivity index (χ1) is 9.38. The molecule has 0 spiro atoms. The summed E-state index contributed by atoms with van der Waals surface area (Å²) in [5.74, 6) is -3.66. The van der Waals surface area contributed by atoms with Crippen molar-refractivity contribution in [3.63, 3.8) is 0 Å². The Kier molecular flexibility index (Phi) is 6.79. The molecular weight excluding hydrogens is 278 g/mol. The highest BCUT2D eigenvalue weighted by Gasteiger charge is 2.59. The minimum absolute atomic E-state index is 0.133. The third-order valence-corrected chi connectivity index (χ3v) is 4.25. The molecule has 0 aliphatic heterocycles. The topological polar surface area (TPSA) is 115 Å². The van der Waals surface area contributed by atoms with Gasteiger partial charge in [-0.05, 0) is 20.8 Å². The lowest BCUT2D eigenvalue weighted by Gasteiger charge is -2.48. The summed E-state index contributed by atoms with van der Waals surface area (Å²) in [5, 5.41) is 38.2. The second kappa shape index (κ2) is 7.20. The number of nitrogens with zero attached hydrogens (tertiary/aromatic N) is 1. The van der Waals surface area contributed by atoms with Crippen molar-refractivity contribution in [2.75, 3.05) is 20.6 Å². The highest BCUT2D eigenvalue weighted by Crippen LogP contribution is 2.35. The van der Waals surface area contributed by atoms with Crippen molar-refractivity contribution in [2.24, 2.45) is 5.92 Å². The van der Waals surface area contributed by atoms with E-state index in [1.165, 1.54) is 13.8 Å². The molecule has 0 saturated heterocycles. The Morgan fingerprint density at radius 1 is 1.05 bits per heavy atom. The fourth-order valence-electron chi connectivity index (χ4n) is 2.84. The standard InChI is InChI=1S/C14H27NO6/c1-9(16)6-7-15(4,5)14(13(20)21,8-10(2)17)11(3)12(18)19/h9-11,16-17H,6-8H2,1-5H3,(H-,18,19,20,21)/p+1. The van der Waals surface area contributed by atoms with E-state index in [0.717, 1.165) is 0 Å². The first kappa shape index (κ1) is 19.8. The Morgan fingerprint density at radius 3 is 1.81 bits per heavy atom. The molecule has 0 fully saturated rings. The minimum Gasteiger partial charge on any atom is -0.481 e. The fraction of sp³-hybridized carbons (Fsp3) is 0.857. The molecule has 0 aliphatic carbocycles. The van der Waals surface area contributed by atoms with Crippen molar-refractivity contribution in [3.8, 4) is 0 Å². The predicted molar refractivity (Wildman–Crippen MR) is 76.7 cm³/mol. The molecule has 0 heterocycles. The van der Waals surface area contributed by atoms with E-state index in [0.29, 0.717) is 6.42 Å². The lowest BCUT2D eigenvalue weighted by atomic mass is 9.77. The molecule has 0 saturated carbocycles. The van der Waals surface area contributed by atoms with Crippen LogP contribution in [0, 0.1) is 5.92 Å². The number of aliphatic hydroxyl groups excluding tert-OH is 2. The summed E-state index contributed by atoms with van der Waals surface area (Å²) in [6, 6.07) is 0. The van der Waals surface area contributed by atoms with Gasteiger partial charge in [0, 0.05) is 12.8 Å². The summed E-state index contributed by atoms with van der Waals surface area (Å²) in [4.78, 5) is 23.4. The minimum atomic E-state index is -1.67. The van der Waals surface area contributed by atoms with Crippen LogP contribution in [-0.4, -0.2) is 75.2 Å². The molecule has 4 N–H and O–H groups in total. The molecule has 0 amide bonds. The average molecular weight is 306 g/mol. The molecule has 4 unspecified atom stereocenters. The smallest absolute Gasteiger partial charge is 0.366 e. The van der Waals surface area contributed by atoms with Crippen molar-refractivity contribution in [1.82, 2.24) is 0 Å². The average Bonchev–Trinajstić information content (AvgIpc) is 2.31. The molecular formula is C14H28NO6+. The van der Waals surface area contributed by atoms with Gasteiger partial charge < -0.3 is 24.9 Å². The number of likely N-dealkylation sites (N-methyl/N-ethyl adjacent to an activating group) is 1. The van der Waals surface area contributed by atoms with Crippen LogP contribution in [-0.2, 0) is 9.59 Å². The quantitative estimate of drug-likeness (QED) is 0.451. The monoisotopic (exact) mass is 306 g/mol. The van der Waals surface area contributed by atoms with Gasteiger partial charge in [0.2, 0.25) is 5.54 Å². The zero-order valence-electron chi connectivity index (χ0n) is 13.4. The lowest BCUT2D eigenvalue weighted by molar-refractivity contribution is -0.936. The number of rotatable bonds is 9. The van der Waals surface area contributed by atoms with Gasteiger partial charge >= 0.3 is 11.9 Å². The van der Waals surface area contributed by atoms with Gasteiger partial charge in [-0.1, -0.05) is 0 Å². The second-order valence-electron chi connectivity index (χ2n) is 6.39. The highest BCUT2D eigenvalue weighted by atomic mass is 16.4. The van der Waals surface area contributed by atoms with E-state index in [1.54, 1.807) is 21.0 Å². The van der Waals surface area contributed by atoms with Crippen molar-refractivity contribution >= 4 is 11.9 Å². The number of carboxylic acid groups (broad SMARTS) is 2. The first-order valence-corrected chi connectivity index (χ1v) is 7.04. The molecule has 124 valence electrons. The summed E-state index contributed by atoms with van der Waals surface area (Å²) in [5.41, 5.74) is -1.67.